The third kappa shape index (κ3) is 4.58. The summed E-state index contributed by atoms with van der Waals surface area (Å²) in [6.45, 7) is -0.0852. The molecule has 11 nitrogen and oxygen atoms in total. The molecule has 34 heavy (non-hydrogen) atoms. The number of hydrogen-bond acceptors (Lipinski definition) is 9. The first-order chi connectivity index (χ1) is 16.1. The van der Waals surface area contributed by atoms with Crippen molar-refractivity contribution >= 4 is 67.2 Å². The highest BCUT2D eigenvalue weighted by Gasteiger charge is 2.41. The Hall–Kier alpha value is -3.55. The number of amides is 1. The number of para-hydroxylation sites is 1. The van der Waals surface area contributed by atoms with Crippen LogP contribution in [-0.2, 0) is 21.2 Å². The summed E-state index contributed by atoms with van der Waals surface area (Å²) in [6.07, 6.45) is 2.30. The van der Waals surface area contributed by atoms with Crippen LogP contribution >= 0.6 is 23.5 Å². The minimum absolute atomic E-state index is 0.00985. The van der Waals surface area contributed by atoms with E-state index in [1.54, 1.807) is 24.3 Å². The van der Waals surface area contributed by atoms with Gasteiger partial charge in [-0.05, 0) is 29.8 Å². The first kappa shape index (κ1) is 23.6. The molecule has 2 aromatic carbocycles. The van der Waals surface area contributed by atoms with Crippen LogP contribution in [0.25, 0.3) is 6.08 Å². The number of amidine groups is 3. The molecule has 0 aromatic heterocycles. The highest BCUT2D eigenvalue weighted by atomic mass is 35.5. The third-order valence-corrected chi connectivity index (χ3v) is 6.71. The summed E-state index contributed by atoms with van der Waals surface area (Å²) < 4.78 is 33.4. The zero-order valence-corrected chi connectivity index (χ0v) is 19.6. The Morgan fingerprint density at radius 3 is 2.71 bits per heavy atom. The van der Waals surface area contributed by atoms with Crippen LogP contribution in [0.1, 0.15) is 11.1 Å². The van der Waals surface area contributed by atoms with Crippen molar-refractivity contribution in [2.75, 3.05) is 6.26 Å². The molecule has 0 saturated heterocycles. The minimum Gasteiger partial charge on any atom is -0.487 e. The lowest BCUT2D eigenvalue weighted by atomic mass is 10.1. The smallest absolute Gasteiger partial charge is 0.283 e. The lowest BCUT2D eigenvalue weighted by Gasteiger charge is -2.23. The summed E-state index contributed by atoms with van der Waals surface area (Å²) >= 11 is 7.00. The largest absolute Gasteiger partial charge is 0.487 e. The number of carbonyl (C=O) groups is 1. The third-order valence-electron chi connectivity index (χ3n) is 4.66. The number of nitro benzene ring substituents is 1. The van der Waals surface area contributed by atoms with E-state index in [2.05, 4.69) is 9.39 Å². The van der Waals surface area contributed by atoms with E-state index in [4.69, 9.17) is 21.7 Å². The predicted octanol–water partition coefficient (Wildman–Crippen LogP) is 3.45. The van der Waals surface area contributed by atoms with E-state index < -0.39 is 20.7 Å². The van der Waals surface area contributed by atoms with Crippen LogP contribution in [0.2, 0.25) is 5.02 Å². The van der Waals surface area contributed by atoms with Crippen molar-refractivity contribution in [3.05, 3.63) is 74.3 Å². The molecule has 0 saturated carbocycles. The number of rotatable bonds is 5. The molecule has 2 aliphatic rings. The summed E-state index contributed by atoms with van der Waals surface area (Å²) in [6, 6.07) is 10.7. The molecule has 2 aliphatic heterocycles. The van der Waals surface area contributed by atoms with Crippen LogP contribution in [0.3, 0.4) is 0 Å². The molecule has 1 N–H and O–H groups in total. The van der Waals surface area contributed by atoms with E-state index >= 15 is 0 Å². The quantitative estimate of drug-likeness (QED) is 0.272. The first-order valence-electron chi connectivity index (χ1n) is 9.39. The number of ether oxygens (including phenoxy) is 1. The Bertz CT molecular complexity index is 1450. The van der Waals surface area contributed by atoms with E-state index in [0.717, 1.165) is 11.2 Å². The SMILES string of the molecule is CS(=O)(=O)C1=NSC2=NC(=O)/C(=C\c3ccc(OCc4ccccc4[N+](=O)[O-])c(Cl)c3)C(=N)N21. The van der Waals surface area contributed by atoms with E-state index in [1.807, 2.05) is 0 Å². The van der Waals surface area contributed by atoms with Gasteiger partial charge in [0.15, 0.2) is 0 Å². The molecule has 0 bridgehead atoms. The van der Waals surface area contributed by atoms with E-state index in [9.17, 15) is 23.3 Å². The van der Waals surface area contributed by atoms with Crippen LogP contribution in [0.4, 0.5) is 5.69 Å². The number of fused-ring (bicyclic) bond motifs is 1. The van der Waals surface area contributed by atoms with Crippen LogP contribution in [0.15, 0.2) is 57.4 Å². The van der Waals surface area contributed by atoms with Crippen LogP contribution in [-0.4, -0.2) is 46.6 Å². The summed E-state index contributed by atoms with van der Waals surface area (Å²) in [5, 5.41) is 19.3. The monoisotopic (exact) mass is 519 g/mol. The highest BCUT2D eigenvalue weighted by molar-refractivity contribution is 8.16. The van der Waals surface area contributed by atoms with Crippen LogP contribution < -0.4 is 4.74 Å². The molecular formula is C20H14ClN5O6S2. The number of carbonyl (C=O) groups excluding carboxylic acids is 1. The summed E-state index contributed by atoms with van der Waals surface area (Å²) in [4.78, 5) is 27.9. The van der Waals surface area contributed by atoms with Crippen molar-refractivity contribution in [1.82, 2.24) is 4.90 Å². The molecule has 0 fully saturated rings. The van der Waals surface area contributed by atoms with Crippen molar-refractivity contribution < 1.29 is 22.9 Å². The maximum atomic E-state index is 12.5. The van der Waals surface area contributed by atoms with Crippen LogP contribution in [0.5, 0.6) is 5.75 Å². The zero-order valence-electron chi connectivity index (χ0n) is 17.3. The fourth-order valence-electron chi connectivity index (χ4n) is 3.09. The Labute approximate surface area is 202 Å². The Morgan fingerprint density at radius 1 is 1.29 bits per heavy atom. The molecule has 4 rings (SSSR count). The number of nitrogens with one attached hydrogen (secondary N) is 1. The highest BCUT2D eigenvalue weighted by Crippen LogP contribution is 2.32. The predicted molar refractivity (Wildman–Crippen MR) is 129 cm³/mol. The molecule has 0 spiro atoms. The number of benzene rings is 2. The van der Waals surface area contributed by atoms with Gasteiger partial charge in [0.05, 0.1) is 33.0 Å². The van der Waals surface area contributed by atoms with Gasteiger partial charge in [-0.25, -0.2) is 13.3 Å². The number of nitrogens with zero attached hydrogens (tertiary/aromatic N) is 4. The summed E-state index contributed by atoms with van der Waals surface area (Å²) in [7, 11) is -3.75. The molecule has 14 heteroatoms. The summed E-state index contributed by atoms with van der Waals surface area (Å²) in [5.41, 5.74) is 0.578. The molecular weight excluding hydrogens is 506 g/mol. The van der Waals surface area contributed by atoms with E-state index in [1.165, 1.54) is 24.3 Å². The topological polar surface area (TPSA) is 155 Å². The van der Waals surface area contributed by atoms with Crippen LogP contribution in [0, 0.1) is 15.5 Å². The standard InChI is InChI=1S/C20H14ClN5O6S2/c1-34(30,31)20-24-33-19-23-18(27)13(17(22)25(19)20)8-11-6-7-16(14(21)9-11)32-10-12-4-2-3-5-15(12)26(28)29/h2-9,22H,10H2,1H3/b13-8-,22-17?. The van der Waals surface area contributed by atoms with E-state index in [0.29, 0.717) is 23.1 Å². The van der Waals surface area contributed by atoms with Gasteiger partial charge in [-0.15, -0.1) is 0 Å². The van der Waals surface area contributed by atoms with Gasteiger partial charge in [0.2, 0.25) is 20.2 Å². The Kier molecular flexibility index (Phi) is 6.25. The fraction of sp³-hybridized carbons (Fsp3) is 0.100. The Balaban J connectivity index is 1.57. The van der Waals surface area contributed by atoms with Crippen molar-refractivity contribution in [1.29, 1.82) is 5.41 Å². The molecule has 2 heterocycles. The first-order valence-corrected chi connectivity index (χ1v) is 12.4. The molecule has 1 amide bonds. The molecule has 0 atom stereocenters. The second kappa shape index (κ2) is 9.00. The van der Waals surface area contributed by atoms with Gasteiger partial charge < -0.3 is 4.74 Å². The van der Waals surface area contributed by atoms with Crippen molar-refractivity contribution in [2.24, 2.45) is 9.39 Å². The van der Waals surface area contributed by atoms with Gasteiger partial charge in [-0.3, -0.25) is 20.3 Å². The lowest BCUT2D eigenvalue weighted by Crippen LogP contribution is -2.45. The van der Waals surface area contributed by atoms with E-state index in [-0.39, 0.29) is 44.8 Å². The lowest BCUT2D eigenvalue weighted by molar-refractivity contribution is -0.385. The maximum absolute atomic E-state index is 12.5. The van der Waals surface area contributed by atoms with Gasteiger partial charge in [0, 0.05) is 12.3 Å². The number of sulfone groups is 1. The average Bonchev–Trinajstić information content (AvgIpc) is 3.20. The zero-order chi connectivity index (χ0) is 24.6. The fourth-order valence-corrected chi connectivity index (χ4v) is 5.18. The second-order valence-corrected chi connectivity index (χ2v) is 10.1. The van der Waals surface area contributed by atoms with Gasteiger partial charge >= 0.3 is 0 Å². The molecule has 0 radical (unpaired) electrons. The maximum Gasteiger partial charge on any atom is 0.283 e. The number of nitro groups is 1. The normalized spacial score (nSPS) is 16.9. The number of halogens is 1. The molecule has 2 aromatic rings. The Morgan fingerprint density at radius 2 is 2.03 bits per heavy atom. The van der Waals surface area contributed by atoms with Gasteiger partial charge in [0.1, 0.15) is 18.2 Å². The second-order valence-electron chi connectivity index (χ2n) is 7.04. The number of aliphatic imine (C=N–C) groups is 1. The molecule has 0 aliphatic carbocycles. The van der Waals surface area contributed by atoms with Crippen molar-refractivity contribution in [2.45, 2.75) is 6.61 Å². The molecule has 174 valence electrons. The van der Waals surface area contributed by atoms with Crippen molar-refractivity contribution in [3.8, 4) is 5.75 Å². The van der Waals surface area contributed by atoms with Gasteiger partial charge in [-0.1, -0.05) is 29.8 Å². The summed E-state index contributed by atoms with van der Waals surface area (Å²) in [5.74, 6) is -0.840. The van der Waals surface area contributed by atoms with Gasteiger partial charge in [-0.2, -0.15) is 9.39 Å². The van der Waals surface area contributed by atoms with Gasteiger partial charge in [0.25, 0.3) is 11.6 Å². The van der Waals surface area contributed by atoms with Crippen molar-refractivity contribution in [3.63, 3.8) is 0 Å². The minimum atomic E-state index is -3.75. The molecule has 0 unspecified atom stereocenters. The average molecular weight is 520 g/mol. The number of hydrogen-bond donors (Lipinski definition) is 1.